The number of alkyl halides is 3. The fraction of sp³-hybridized carbons (Fsp3) is 0.0909. The number of para-hydroxylation sites is 1. The Kier molecular flexibility index (Phi) is 6.76. The predicted molar refractivity (Wildman–Crippen MR) is 106 cm³/mol. The first-order valence-corrected chi connectivity index (χ1v) is 9.05. The molecule has 0 bridgehead atoms. The van der Waals surface area contributed by atoms with Crippen molar-refractivity contribution >= 4 is 17.9 Å². The summed E-state index contributed by atoms with van der Waals surface area (Å²) in [5, 5.41) is 4.98. The maximum Gasteiger partial charge on any atom is 0.573 e. The third-order valence-electron chi connectivity index (χ3n) is 4.00. The standard InChI is InChI=1S/C22H17F3N2O4/c23-22(24,25)31-19-11-5-4-9-16(19)14-26-21(29)18(13-17-10-6-12-30-17)27-20(28)15-7-2-1-3-8-15/h1-13H,14H2,(H,26,29)(H,27,28)/b18-13-. The second-order valence-electron chi connectivity index (χ2n) is 6.23. The lowest BCUT2D eigenvalue weighted by molar-refractivity contribution is -0.274. The zero-order valence-electron chi connectivity index (χ0n) is 16.0. The summed E-state index contributed by atoms with van der Waals surface area (Å²) < 4.78 is 46.9. The first-order chi connectivity index (χ1) is 14.8. The van der Waals surface area contributed by atoms with Crippen molar-refractivity contribution in [3.63, 3.8) is 0 Å². The number of nitrogens with one attached hydrogen (secondary N) is 2. The van der Waals surface area contributed by atoms with Crippen LogP contribution in [-0.2, 0) is 11.3 Å². The number of furan rings is 1. The third kappa shape index (κ3) is 6.49. The second-order valence-corrected chi connectivity index (χ2v) is 6.23. The van der Waals surface area contributed by atoms with Gasteiger partial charge in [-0.1, -0.05) is 36.4 Å². The minimum atomic E-state index is -4.87. The molecule has 3 rings (SSSR count). The Morgan fingerprint density at radius 2 is 1.68 bits per heavy atom. The van der Waals surface area contributed by atoms with Crippen LogP contribution in [0.3, 0.4) is 0 Å². The van der Waals surface area contributed by atoms with Crippen molar-refractivity contribution in [2.45, 2.75) is 12.9 Å². The molecule has 0 unspecified atom stereocenters. The van der Waals surface area contributed by atoms with Gasteiger partial charge in [0.1, 0.15) is 17.2 Å². The average Bonchev–Trinajstić information content (AvgIpc) is 3.25. The number of halogens is 3. The van der Waals surface area contributed by atoms with Crippen molar-refractivity contribution in [3.05, 3.63) is 95.6 Å². The molecule has 0 aliphatic rings. The van der Waals surface area contributed by atoms with Gasteiger partial charge in [0.05, 0.1) is 6.26 Å². The monoisotopic (exact) mass is 430 g/mol. The van der Waals surface area contributed by atoms with Crippen LogP contribution in [0.5, 0.6) is 5.75 Å². The molecule has 0 fully saturated rings. The highest BCUT2D eigenvalue weighted by molar-refractivity contribution is 6.05. The van der Waals surface area contributed by atoms with Gasteiger partial charge in [0.2, 0.25) is 0 Å². The van der Waals surface area contributed by atoms with Crippen LogP contribution < -0.4 is 15.4 Å². The second kappa shape index (κ2) is 9.66. The lowest BCUT2D eigenvalue weighted by Gasteiger charge is -2.14. The Labute approximate surface area is 175 Å². The van der Waals surface area contributed by atoms with Gasteiger partial charge < -0.3 is 19.8 Å². The molecular formula is C22H17F3N2O4. The Balaban J connectivity index is 1.76. The van der Waals surface area contributed by atoms with E-state index in [1.165, 1.54) is 30.5 Å². The maximum atomic E-state index is 12.7. The molecule has 2 aromatic carbocycles. The van der Waals surface area contributed by atoms with Crippen LogP contribution in [0.15, 0.2) is 83.1 Å². The minimum absolute atomic E-state index is 0.111. The van der Waals surface area contributed by atoms with Gasteiger partial charge in [-0.3, -0.25) is 9.59 Å². The molecule has 9 heteroatoms. The van der Waals surface area contributed by atoms with E-state index in [2.05, 4.69) is 15.4 Å². The summed E-state index contributed by atoms with van der Waals surface area (Å²) in [7, 11) is 0. The van der Waals surface area contributed by atoms with Gasteiger partial charge >= 0.3 is 6.36 Å². The first kappa shape index (κ1) is 21.7. The van der Waals surface area contributed by atoms with Gasteiger partial charge in [0.15, 0.2) is 0 Å². The first-order valence-electron chi connectivity index (χ1n) is 9.05. The number of hydrogen-bond donors (Lipinski definition) is 2. The number of hydrogen-bond acceptors (Lipinski definition) is 4. The Morgan fingerprint density at radius 3 is 2.35 bits per heavy atom. The minimum Gasteiger partial charge on any atom is -0.465 e. The van der Waals surface area contributed by atoms with E-state index in [-0.39, 0.29) is 17.8 Å². The molecule has 31 heavy (non-hydrogen) atoms. The number of ether oxygens (including phenoxy) is 1. The molecule has 1 heterocycles. The Hall–Kier alpha value is -4.01. The van der Waals surface area contributed by atoms with Crippen LogP contribution in [0.2, 0.25) is 0 Å². The molecule has 0 radical (unpaired) electrons. The van der Waals surface area contributed by atoms with E-state index in [1.807, 2.05) is 0 Å². The van der Waals surface area contributed by atoms with Crippen molar-refractivity contribution in [1.29, 1.82) is 0 Å². The molecule has 1 aromatic heterocycles. The highest BCUT2D eigenvalue weighted by Gasteiger charge is 2.32. The van der Waals surface area contributed by atoms with E-state index in [9.17, 15) is 22.8 Å². The van der Waals surface area contributed by atoms with E-state index in [0.29, 0.717) is 11.3 Å². The highest BCUT2D eigenvalue weighted by atomic mass is 19.4. The Bertz CT molecular complexity index is 1060. The summed E-state index contributed by atoms with van der Waals surface area (Å²) in [5.74, 6) is -1.38. The van der Waals surface area contributed by atoms with Crippen LogP contribution in [0, 0.1) is 0 Å². The molecule has 0 aliphatic carbocycles. The van der Waals surface area contributed by atoms with E-state index in [1.54, 1.807) is 42.5 Å². The number of carbonyl (C=O) groups excluding carboxylic acids is 2. The van der Waals surface area contributed by atoms with Gasteiger partial charge in [-0.25, -0.2) is 0 Å². The van der Waals surface area contributed by atoms with Crippen LogP contribution in [0.25, 0.3) is 6.08 Å². The van der Waals surface area contributed by atoms with Crippen molar-refractivity contribution < 1.29 is 31.9 Å². The topological polar surface area (TPSA) is 80.6 Å². The summed E-state index contributed by atoms with van der Waals surface area (Å²) in [6.45, 7) is -0.262. The van der Waals surface area contributed by atoms with Gasteiger partial charge in [-0.2, -0.15) is 0 Å². The summed E-state index contributed by atoms with van der Waals surface area (Å²) in [4.78, 5) is 25.2. The predicted octanol–water partition coefficient (Wildman–Crippen LogP) is 4.27. The number of benzene rings is 2. The normalized spacial score (nSPS) is 11.6. The largest absolute Gasteiger partial charge is 0.573 e. The van der Waals surface area contributed by atoms with Crippen LogP contribution >= 0.6 is 0 Å². The quantitative estimate of drug-likeness (QED) is 0.549. The van der Waals surface area contributed by atoms with E-state index < -0.39 is 23.9 Å². The fourth-order valence-corrected chi connectivity index (χ4v) is 2.60. The molecule has 6 nitrogen and oxygen atoms in total. The van der Waals surface area contributed by atoms with E-state index in [4.69, 9.17) is 4.42 Å². The highest BCUT2D eigenvalue weighted by Crippen LogP contribution is 2.26. The number of carbonyl (C=O) groups is 2. The van der Waals surface area contributed by atoms with Gasteiger partial charge in [0.25, 0.3) is 11.8 Å². The average molecular weight is 430 g/mol. The maximum absolute atomic E-state index is 12.7. The van der Waals surface area contributed by atoms with Gasteiger partial charge in [-0.15, -0.1) is 13.2 Å². The fourth-order valence-electron chi connectivity index (χ4n) is 2.60. The number of amides is 2. The molecule has 0 saturated heterocycles. The Morgan fingerprint density at radius 1 is 0.968 bits per heavy atom. The number of rotatable bonds is 7. The molecule has 0 spiro atoms. The summed E-state index contributed by atoms with van der Waals surface area (Å²) >= 11 is 0. The van der Waals surface area contributed by atoms with Crippen molar-refractivity contribution in [3.8, 4) is 5.75 Å². The lowest BCUT2D eigenvalue weighted by atomic mass is 10.2. The van der Waals surface area contributed by atoms with E-state index >= 15 is 0 Å². The molecular weight excluding hydrogens is 413 g/mol. The lowest BCUT2D eigenvalue weighted by Crippen LogP contribution is -2.34. The van der Waals surface area contributed by atoms with E-state index in [0.717, 1.165) is 6.07 Å². The van der Waals surface area contributed by atoms with Gasteiger partial charge in [-0.05, 0) is 30.3 Å². The zero-order valence-corrected chi connectivity index (χ0v) is 16.0. The molecule has 160 valence electrons. The zero-order chi connectivity index (χ0) is 22.3. The molecule has 0 atom stereocenters. The van der Waals surface area contributed by atoms with Gasteiger partial charge in [0, 0.05) is 23.7 Å². The van der Waals surface area contributed by atoms with Crippen molar-refractivity contribution in [2.75, 3.05) is 0 Å². The smallest absolute Gasteiger partial charge is 0.465 e. The summed E-state index contributed by atoms with van der Waals surface area (Å²) in [6, 6.07) is 16.8. The summed E-state index contributed by atoms with van der Waals surface area (Å²) in [5.41, 5.74) is 0.294. The molecule has 0 saturated carbocycles. The van der Waals surface area contributed by atoms with Crippen molar-refractivity contribution in [2.24, 2.45) is 0 Å². The van der Waals surface area contributed by atoms with Crippen molar-refractivity contribution in [1.82, 2.24) is 10.6 Å². The van der Waals surface area contributed by atoms with Crippen LogP contribution in [0.1, 0.15) is 21.7 Å². The van der Waals surface area contributed by atoms with Crippen LogP contribution in [-0.4, -0.2) is 18.2 Å². The molecule has 2 amide bonds. The molecule has 2 N–H and O–H groups in total. The molecule has 0 aliphatic heterocycles. The summed E-state index contributed by atoms with van der Waals surface area (Å²) in [6.07, 6.45) is -2.16. The van der Waals surface area contributed by atoms with Crippen LogP contribution in [0.4, 0.5) is 13.2 Å². The third-order valence-corrected chi connectivity index (χ3v) is 4.00. The molecule has 3 aromatic rings. The SMILES string of the molecule is O=C(NCc1ccccc1OC(F)(F)F)/C(=C/c1ccco1)NC(=O)c1ccccc1.